The molecular formula is C14H19ClFN. The Balaban J connectivity index is 2.23. The molecule has 0 amide bonds. The standard InChI is InChI=1S/C14H19ClFN/c1-2-3-10-9-17-7-6-12(10)13-5-4-11(15)8-14(13)16/h4-5,8,10,12,17H,2-3,6-7,9H2,1H3. The highest BCUT2D eigenvalue weighted by Crippen LogP contribution is 2.35. The summed E-state index contributed by atoms with van der Waals surface area (Å²) in [5, 5.41) is 3.88. The molecule has 0 aliphatic carbocycles. The average molecular weight is 256 g/mol. The fourth-order valence-corrected chi connectivity index (χ4v) is 2.97. The van der Waals surface area contributed by atoms with Crippen molar-refractivity contribution < 1.29 is 4.39 Å². The summed E-state index contributed by atoms with van der Waals surface area (Å²) in [6.45, 7) is 4.16. The highest BCUT2D eigenvalue weighted by atomic mass is 35.5. The van der Waals surface area contributed by atoms with Crippen LogP contribution in [0.5, 0.6) is 0 Å². The van der Waals surface area contributed by atoms with Crippen molar-refractivity contribution in [2.45, 2.75) is 32.1 Å². The Hall–Kier alpha value is -0.600. The van der Waals surface area contributed by atoms with Gasteiger partial charge < -0.3 is 5.32 Å². The van der Waals surface area contributed by atoms with Gasteiger partial charge in [0, 0.05) is 5.02 Å². The molecule has 1 heterocycles. The number of hydrogen-bond donors (Lipinski definition) is 1. The van der Waals surface area contributed by atoms with Crippen molar-refractivity contribution >= 4 is 11.6 Å². The topological polar surface area (TPSA) is 12.0 Å². The van der Waals surface area contributed by atoms with Crippen molar-refractivity contribution in [3.63, 3.8) is 0 Å². The number of halogens is 2. The number of piperidine rings is 1. The van der Waals surface area contributed by atoms with Crippen LogP contribution in [-0.2, 0) is 0 Å². The molecule has 1 N–H and O–H groups in total. The molecule has 3 heteroatoms. The Morgan fingerprint density at radius 2 is 2.29 bits per heavy atom. The van der Waals surface area contributed by atoms with Crippen LogP contribution < -0.4 is 5.32 Å². The van der Waals surface area contributed by atoms with E-state index in [9.17, 15) is 4.39 Å². The molecule has 1 aliphatic rings. The first-order valence-electron chi connectivity index (χ1n) is 6.38. The molecule has 2 atom stereocenters. The Kier molecular flexibility index (Phi) is 4.41. The molecule has 0 spiro atoms. The van der Waals surface area contributed by atoms with Crippen molar-refractivity contribution in [1.29, 1.82) is 0 Å². The lowest BCUT2D eigenvalue weighted by Crippen LogP contribution is -2.35. The van der Waals surface area contributed by atoms with Gasteiger partial charge in [0.1, 0.15) is 5.82 Å². The fraction of sp³-hybridized carbons (Fsp3) is 0.571. The number of hydrogen-bond acceptors (Lipinski definition) is 1. The van der Waals surface area contributed by atoms with E-state index >= 15 is 0 Å². The number of benzene rings is 1. The van der Waals surface area contributed by atoms with E-state index in [-0.39, 0.29) is 5.82 Å². The molecule has 17 heavy (non-hydrogen) atoms. The van der Waals surface area contributed by atoms with Gasteiger partial charge in [-0.1, -0.05) is 31.0 Å². The SMILES string of the molecule is CCCC1CNCCC1c1ccc(Cl)cc1F. The molecule has 1 saturated heterocycles. The maximum atomic E-state index is 13.9. The zero-order chi connectivity index (χ0) is 12.3. The van der Waals surface area contributed by atoms with E-state index in [0.29, 0.717) is 16.9 Å². The first-order valence-corrected chi connectivity index (χ1v) is 6.75. The summed E-state index contributed by atoms with van der Waals surface area (Å²) in [6, 6.07) is 5.09. The summed E-state index contributed by atoms with van der Waals surface area (Å²) in [5.41, 5.74) is 0.842. The van der Waals surface area contributed by atoms with Crippen molar-refractivity contribution in [1.82, 2.24) is 5.32 Å². The lowest BCUT2D eigenvalue weighted by Gasteiger charge is -2.32. The van der Waals surface area contributed by atoms with Gasteiger partial charge in [-0.15, -0.1) is 0 Å². The van der Waals surface area contributed by atoms with Crippen molar-refractivity contribution in [2.75, 3.05) is 13.1 Å². The predicted octanol–water partition coefficient (Wildman–Crippen LogP) is 3.97. The molecule has 1 fully saturated rings. The molecule has 1 aromatic carbocycles. The number of rotatable bonds is 3. The van der Waals surface area contributed by atoms with E-state index in [1.165, 1.54) is 6.07 Å². The maximum absolute atomic E-state index is 13.9. The van der Waals surface area contributed by atoms with Crippen LogP contribution in [0.1, 0.15) is 37.7 Å². The highest BCUT2D eigenvalue weighted by molar-refractivity contribution is 6.30. The van der Waals surface area contributed by atoms with Crippen LogP contribution in [0.3, 0.4) is 0 Å². The lowest BCUT2D eigenvalue weighted by atomic mass is 9.79. The Morgan fingerprint density at radius 3 is 3.00 bits per heavy atom. The monoisotopic (exact) mass is 255 g/mol. The van der Waals surface area contributed by atoms with Gasteiger partial charge in [0.05, 0.1) is 0 Å². The van der Waals surface area contributed by atoms with E-state index in [4.69, 9.17) is 11.6 Å². The van der Waals surface area contributed by atoms with E-state index in [2.05, 4.69) is 12.2 Å². The van der Waals surface area contributed by atoms with Crippen LogP contribution >= 0.6 is 11.6 Å². The zero-order valence-electron chi connectivity index (χ0n) is 10.2. The van der Waals surface area contributed by atoms with E-state index in [1.54, 1.807) is 6.07 Å². The van der Waals surface area contributed by atoms with Crippen molar-refractivity contribution in [3.8, 4) is 0 Å². The molecular weight excluding hydrogens is 237 g/mol. The van der Waals surface area contributed by atoms with Gasteiger partial charge in [0.15, 0.2) is 0 Å². The second-order valence-corrected chi connectivity index (χ2v) is 5.25. The molecule has 1 aliphatic heterocycles. The first-order chi connectivity index (χ1) is 8.22. The minimum atomic E-state index is -0.148. The third-order valence-electron chi connectivity index (χ3n) is 3.63. The molecule has 0 radical (unpaired) electrons. The smallest absolute Gasteiger partial charge is 0.128 e. The highest BCUT2D eigenvalue weighted by Gasteiger charge is 2.27. The Morgan fingerprint density at radius 1 is 1.47 bits per heavy atom. The summed E-state index contributed by atoms with van der Waals surface area (Å²) in [7, 11) is 0. The zero-order valence-corrected chi connectivity index (χ0v) is 10.9. The van der Waals surface area contributed by atoms with Gasteiger partial charge >= 0.3 is 0 Å². The van der Waals surface area contributed by atoms with Crippen LogP contribution in [-0.4, -0.2) is 13.1 Å². The summed E-state index contributed by atoms with van der Waals surface area (Å²) < 4.78 is 13.9. The Bertz CT molecular complexity index is 378. The van der Waals surface area contributed by atoms with Crippen molar-refractivity contribution in [2.24, 2.45) is 5.92 Å². The van der Waals surface area contributed by atoms with Crippen LogP contribution in [0, 0.1) is 11.7 Å². The van der Waals surface area contributed by atoms with Gasteiger partial charge in [-0.2, -0.15) is 0 Å². The lowest BCUT2D eigenvalue weighted by molar-refractivity contribution is 0.301. The largest absolute Gasteiger partial charge is 0.316 e. The van der Waals surface area contributed by atoms with Crippen LogP contribution in [0.4, 0.5) is 4.39 Å². The van der Waals surface area contributed by atoms with Crippen LogP contribution in [0.15, 0.2) is 18.2 Å². The van der Waals surface area contributed by atoms with Crippen LogP contribution in [0.2, 0.25) is 5.02 Å². The van der Waals surface area contributed by atoms with Gasteiger partial charge in [0.25, 0.3) is 0 Å². The molecule has 2 rings (SSSR count). The van der Waals surface area contributed by atoms with E-state index in [1.807, 2.05) is 6.07 Å². The minimum Gasteiger partial charge on any atom is -0.316 e. The van der Waals surface area contributed by atoms with Crippen molar-refractivity contribution in [3.05, 3.63) is 34.6 Å². The van der Waals surface area contributed by atoms with Crippen LogP contribution in [0.25, 0.3) is 0 Å². The summed E-state index contributed by atoms with van der Waals surface area (Å²) in [6.07, 6.45) is 3.32. The maximum Gasteiger partial charge on any atom is 0.128 e. The summed E-state index contributed by atoms with van der Waals surface area (Å²) in [5.74, 6) is 0.739. The molecule has 0 bridgehead atoms. The molecule has 94 valence electrons. The molecule has 1 nitrogen and oxygen atoms in total. The quantitative estimate of drug-likeness (QED) is 0.862. The van der Waals surface area contributed by atoms with E-state index < -0.39 is 0 Å². The molecule has 2 unspecified atom stereocenters. The van der Waals surface area contributed by atoms with Gasteiger partial charge in [0.2, 0.25) is 0 Å². The first kappa shape index (κ1) is 12.8. The second-order valence-electron chi connectivity index (χ2n) is 4.81. The summed E-state index contributed by atoms with van der Waals surface area (Å²) >= 11 is 5.80. The summed E-state index contributed by atoms with van der Waals surface area (Å²) in [4.78, 5) is 0. The minimum absolute atomic E-state index is 0.148. The fourth-order valence-electron chi connectivity index (χ4n) is 2.81. The molecule has 0 aromatic heterocycles. The third kappa shape index (κ3) is 2.99. The van der Waals surface area contributed by atoms with Gasteiger partial charge in [-0.05, 0) is 55.5 Å². The normalized spacial score (nSPS) is 24.9. The Labute approximate surface area is 107 Å². The molecule has 0 saturated carbocycles. The molecule has 1 aromatic rings. The van der Waals surface area contributed by atoms with Gasteiger partial charge in [-0.25, -0.2) is 4.39 Å². The van der Waals surface area contributed by atoms with E-state index in [0.717, 1.165) is 37.9 Å². The van der Waals surface area contributed by atoms with Gasteiger partial charge in [-0.3, -0.25) is 0 Å². The number of nitrogens with one attached hydrogen (secondary N) is 1. The predicted molar refractivity (Wildman–Crippen MR) is 70.0 cm³/mol. The second kappa shape index (κ2) is 5.83. The third-order valence-corrected chi connectivity index (χ3v) is 3.86. The average Bonchev–Trinajstić information content (AvgIpc) is 2.31.